The largest absolute Gasteiger partial charge is 0.489 e. The van der Waals surface area contributed by atoms with Crippen LogP contribution in [0.15, 0.2) is 97.2 Å². The average molecular weight is 453 g/mol. The number of hydrogen-bond donors (Lipinski definition) is 1. The van der Waals surface area contributed by atoms with Gasteiger partial charge in [0.2, 0.25) is 0 Å². The Morgan fingerprint density at radius 2 is 1.29 bits per heavy atom. The number of Topliss-reactive ketones (excluding diaryl/α,β-unsaturated/α-hetero) is 1. The number of carbonyl (C=O) groups excluding carboxylic acids is 2. The van der Waals surface area contributed by atoms with Crippen molar-refractivity contribution in [2.75, 3.05) is 5.32 Å². The number of hydrogen-bond acceptors (Lipinski definition) is 5. The molecule has 1 N–H and O–H groups in total. The first kappa shape index (κ1) is 22.7. The van der Waals surface area contributed by atoms with Crippen LogP contribution in [0.25, 0.3) is 0 Å². The second kappa shape index (κ2) is 10.9. The maximum atomic E-state index is 13.0. The van der Waals surface area contributed by atoms with Gasteiger partial charge in [-0.3, -0.25) is 9.59 Å². The number of nitrogens with one attached hydrogen (secondary N) is 1. The number of ketones is 1. The first-order valence-corrected chi connectivity index (χ1v) is 10.8. The van der Waals surface area contributed by atoms with Gasteiger partial charge in [0.1, 0.15) is 30.5 Å². The van der Waals surface area contributed by atoms with E-state index < -0.39 is 0 Å². The molecule has 3 aromatic carbocycles. The fourth-order valence-corrected chi connectivity index (χ4v) is 3.22. The quantitative estimate of drug-likeness (QED) is 0.330. The van der Waals surface area contributed by atoms with Gasteiger partial charge in [0, 0.05) is 23.4 Å². The number of aromatic nitrogens is 1. The molecular formula is C28H24N2O4. The maximum absolute atomic E-state index is 13.0. The molecule has 0 radical (unpaired) electrons. The van der Waals surface area contributed by atoms with Crippen molar-refractivity contribution in [3.05, 3.63) is 119 Å². The number of amides is 1. The van der Waals surface area contributed by atoms with Gasteiger partial charge in [-0.2, -0.15) is 0 Å². The molecule has 0 aliphatic rings. The third-order valence-electron chi connectivity index (χ3n) is 5.05. The van der Waals surface area contributed by atoms with Crippen molar-refractivity contribution < 1.29 is 19.1 Å². The number of nitrogens with zero attached hydrogens (tertiary/aromatic N) is 1. The Morgan fingerprint density at radius 3 is 1.76 bits per heavy atom. The third-order valence-corrected chi connectivity index (χ3v) is 5.05. The summed E-state index contributed by atoms with van der Waals surface area (Å²) in [7, 11) is 0. The zero-order valence-corrected chi connectivity index (χ0v) is 18.7. The fraction of sp³-hybridized carbons (Fsp3) is 0.107. The van der Waals surface area contributed by atoms with Crippen LogP contribution in [0.4, 0.5) is 5.82 Å². The predicted octanol–water partition coefficient (Wildman–Crippen LogP) is 5.69. The number of anilines is 1. The highest BCUT2D eigenvalue weighted by atomic mass is 16.5. The molecule has 0 saturated heterocycles. The Morgan fingerprint density at radius 1 is 0.735 bits per heavy atom. The molecule has 0 atom stereocenters. The summed E-state index contributed by atoms with van der Waals surface area (Å²) in [5.74, 6) is 0.919. The highest BCUT2D eigenvalue weighted by Gasteiger charge is 2.12. The summed E-state index contributed by atoms with van der Waals surface area (Å²) < 4.78 is 11.9. The molecule has 0 aliphatic carbocycles. The lowest BCUT2D eigenvalue weighted by Crippen LogP contribution is -2.13. The first-order chi connectivity index (χ1) is 16.6. The highest BCUT2D eigenvalue weighted by Crippen LogP contribution is 2.25. The predicted molar refractivity (Wildman–Crippen MR) is 130 cm³/mol. The number of rotatable bonds is 9. The Bertz CT molecular complexity index is 1200. The lowest BCUT2D eigenvalue weighted by molar-refractivity contribution is 0.101. The summed E-state index contributed by atoms with van der Waals surface area (Å²) in [5.41, 5.74) is 2.87. The molecule has 0 unspecified atom stereocenters. The molecule has 0 spiro atoms. The third kappa shape index (κ3) is 6.29. The van der Waals surface area contributed by atoms with Crippen LogP contribution in [0.3, 0.4) is 0 Å². The van der Waals surface area contributed by atoms with Crippen LogP contribution >= 0.6 is 0 Å². The van der Waals surface area contributed by atoms with Crippen LogP contribution < -0.4 is 14.8 Å². The Balaban J connectivity index is 1.53. The average Bonchev–Trinajstić information content (AvgIpc) is 2.87. The zero-order chi connectivity index (χ0) is 23.8. The molecule has 0 bridgehead atoms. The van der Waals surface area contributed by atoms with Gasteiger partial charge < -0.3 is 14.8 Å². The summed E-state index contributed by atoms with van der Waals surface area (Å²) in [5, 5.41) is 2.75. The van der Waals surface area contributed by atoms with Crippen molar-refractivity contribution in [1.82, 2.24) is 4.98 Å². The lowest BCUT2D eigenvalue weighted by atomic mass is 10.1. The van der Waals surface area contributed by atoms with Crippen LogP contribution in [0, 0.1) is 0 Å². The van der Waals surface area contributed by atoms with Crippen LogP contribution in [-0.4, -0.2) is 16.7 Å². The monoisotopic (exact) mass is 452 g/mol. The topological polar surface area (TPSA) is 77.5 Å². The van der Waals surface area contributed by atoms with Crippen molar-refractivity contribution in [2.45, 2.75) is 20.1 Å². The van der Waals surface area contributed by atoms with E-state index in [0.717, 1.165) is 11.1 Å². The van der Waals surface area contributed by atoms with Crippen LogP contribution in [0.1, 0.15) is 38.8 Å². The van der Waals surface area contributed by atoms with Crippen molar-refractivity contribution >= 4 is 17.5 Å². The molecule has 0 fully saturated rings. The second-order valence-electron chi connectivity index (χ2n) is 7.68. The molecular weight excluding hydrogens is 428 g/mol. The van der Waals surface area contributed by atoms with E-state index in [9.17, 15) is 9.59 Å². The number of ether oxygens (including phenoxy) is 2. The molecule has 6 heteroatoms. The first-order valence-electron chi connectivity index (χ1n) is 10.8. The van der Waals surface area contributed by atoms with Gasteiger partial charge >= 0.3 is 0 Å². The van der Waals surface area contributed by atoms with Gasteiger partial charge in [-0.05, 0) is 42.3 Å². The number of benzene rings is 3. The fourth-order valence-electron chi connectivity index (χ4n) is 3.22. The van der Waals surface area contributed by atoms with Gasteiger partial charge in [0.05, 0.1) is 0 Å². The smallest absolute Gasteiger partial charge is 0.257 e. The van der Waals surface area contributed by atoms with Crippen molar-refractivity contribution in [3.8, 4) is 11.5 Å². The summed E-state index contributed by atoms with van der Waals surface area (Å²) in [4.78, 5) is 28.6. The molecule has 0 aliphatic heterocycles. The van der Waals surface area contributed by atoms with E-state index in [0.29, 0.717) is 41.7 Å². The number of pyridine rings is 1. The van der Waals surface area contributed by atoms with E-state index in [-0.39, 0.29) is 11.7 Å². The van der Waals surface area contributed by atoms with Gasteiger partial charge in [0.15, 0.2) is 5.78 Å². The highest BCUT2D eigenvalue weighted by molar-refractivity contribution is 6.04. The maximum Gasteiger partial charge on any atom is 0.257 e. The van der Waals surface area contributed by atoms with Gasteiger partial charge in [-0.25, -0.2) is 4.98 Å². The molecule has 170 valence electrons. The van der Waals surface area contributed by atoms with E-state index in [1.165, 1.54) is 13.1 Å². The van der Waals surface area contributed by atoms with Crippen molar-refractivity contribution in [2.24, 2.45) is 0 Å². The van der Waals surface area contributed by atoms with Crippen LogP contribution in [-0.2, 0) is 13.2 Å². The van der Waals surface area contributed by atoms with Gasteiger partial charge in [-0.15, -0.1) is 0 Å². The molecule has 0 saturated carbocycles. The lowest BCUT2D eigenvalue weighted by Gasteiger charge is -2.13. The van der Waals surface area contributed by atoms with Crippen LogP contribution in [0.2, 0.25) is 0 Å². The number of carbonyl (C=O) groups is 2. The molecule has 1 amide bonds. The molecule has 4 aromatic rings. The minimum Gasteiger partial charge on any atom is -0.489 e. The zero-order valence-electron chi connectivity index (χ0n) is 18.7. The normalized spacial score (nSPS) is 10.4. The van der Waals surface area contributed by atoms with Crippen LogP contribution in [0.5, 0.6) is 11.5 Å². The van der Waals surface area contributed by atoms with E-state index in [2.05, 4.69) is 10.3 Å². The van der Waals surface area contributed by atoms with E-state index in [1.807, 2.05) is 60.7 Å². The summed E-state index contributed by atoms with van der Waals surface area (Å²) in [6.07, 6.45) is 1.44. The second-order valence-corrected chi connectivity index (χ2v) is 7.68. The van der Waals surface area contributed by atoms with Gasteiger partial charge in [0.25, 0.3) is 5.91 Å². The Labute approximate surface area is 198 Å². The minimum atomic E-state index is -0.363. The minimum absolute atomic E-state index is 0.0890. The van der Waals surface area contributed by atoms with Crippen molar-refractivity contribution in [1.29, 1.82) is 0 Å². The Kier molecular flexibility index (Phi) is 7.30. The molecule has 1 heterocycles. The standard InChI is InChI=1S/C28H24N2O4/c1-20(31)23-12-13-27(29-17-23)30-28(32)24-14-25(33-18-21-8-4-2-5-9-21)16-26(15-24)34-19-22-10-6-3-7-11-22/h2-17H,18-19H2,1H3,(H,29,30,32). The molecule has 34 heavy (non-hydrogen) atoms. The Hall–Kier alpha value is -4.45. The van der Waals surface area contributed by atoms with E-state index in [1.54, 1.807) is 30.3 Å². The molecule has 1 aromatic heterocycles. The summed E-state index contributed by atoms with van der Waals surface area (Å²) in [6, 6.07) is 27.9. The summed E-state index contributed by atoms with van der Waals surface area (Å²) >= 11 is 0. The SMILES string of the molecule is CC(=O)c1ccc(NC(=O)c2cc(OCc3ccccc3)cc(OCc3ccccc3)c2)nc1. The van der Waals surface area contributed by atoms with E-state index >= 15 is 0 Å². The summed E-state index contributed by atoms with van der Waals surface area (Å²) in [6.45, 7) is 2.18. The molecule has 6 nitrogen and oxygen atoms in total. The van der Waals surface area contributed by atoms with E-state index in [4.69, 9.17) is 9.47 Å². The van der Waals surface area contributed by atoms with Gasteiger partial charge in [-0.1, -0.05) is 60.7 Å². The van der Waals surface area contributed by atoms with Crippen molar-refractivity contribution in [3.63, 3.8) is 0 Å². The molecule has 4 rings (SSSR count).